The summed E-state index contributed by atoms with van der Waals surface area (Å²) in [5.41, 5.74) is 5.59. The molecule has 8 rings (SSSR count). The summed E-state index contributed by atoms with van der Waals surface area (Å²) in [4.78, 5) is 67.9. The van der Waals surface area contributed by atoms with Gasteiger partial charge in [0.2, 0.25) is 23.7 Å². The number of anilines is 7. The molecule has 1 atom stereocenters. The predicted octanol–water partition coefficient (Wildman–Crippen LogP) is 5.33. The molecule has 0 bridgehead atoms. The molecule has 16 nitrogen and oxygen atoms in total. The van der Waals surface area contributed by atoms with E-state index in [0.29, 0.717) is 46.3 Å². The van der Waals surface area contributed by atoms with Crippen molar-refractivity contribution >= 4 is 87.4 Å². The van der Waals surface area contributed by atoms with E-state index in [2.05, 4.69) is 62.4 Å². The lowest BCUT2D eigenvalue weighted by atomic mass is 10.0. The number of hydrogen-bond acceptors (Lipinski definition) is 14. The van der Waals surface area contributed by atoms with Crippen molar-refractivity contribution in [1.82, 2.24) is 30.0 Å². The third-order valence-electron chi connectivity index (χ3n) is 11.9. The molecule has 61 heavy (non-hydrogen) atoms. The first-order valence-electron chi connectivity index (χ1n) is 20.5. The van der Waals surface area contributed by atoms with Gasteiger partial charge in [-0.3, -0.25) is 34.3 Å². The fourth-order valence-electron chi connectivity index (χ4n) is 8.53. The fourth-order valence-corrected chi connectivity index (χ4v) is 9.02. The molecular weight excluding hydrogens is 818 g/mol. The minimum Gasteiger partial charge on any atom is -0.494 e. The quantitative estimate of drug-likeness (QED) is 0.101. The summed E-state index contributed by atoms with van der Waals surface area (Å²) in [6.45, 7) is 5.78. The van der Waals surface area contributed by atoms with Crippen molar-refractivity contribution in [2.45, 2.75) is 44.3 Å². The number of amides is 4. The molecule has 18 heteroatoms. The van der Waals surface area contributed by atoms with E-state index in [0.717, 1.165) is 80.4 Å². The van der Waals surface area contributed by atoms with Gasteiger partial charge in [0.1, 0.15) is 16.8 Å². The molecule has 3 saturated heterocycles. The molecule has 0 spiro atoms. The Kier molecular flexibility index (Phi) is 12.8. The van der Waals surface area contributed by atoms with Gasteiger partial charge >= 0.3 is 0 Å². The van der Waals surface area contributed by atoms with Crippen LogP contribution in [0.3, 0.4) is 0 Å². The maximum absolute atomic E-state index is 13.1. The Bertz CT molecular complexity index is 2300. The smallest absolute Gasteiger partial charge is 0.255 e. The standard InChI is InChI=1S/C43H50ClN11O5S/c1-51(61-3)35-7-5-4-6-33(35)47-40-32(44)24-45-43(50-40)48-34-11-9-30(23-37(34)60-2)53-16-14-29(15-17-53)54-20-18-52(19-21-54)26-39(57)46-28-8-10-31-27(22-28)25-55(42(31)59)36-12-13-38(56)49-41(36)58/h4-11,22-24,29,36H,12-21,25-26H2,1-3H3,(H,46,57)(H,49,56,58)(H2,45,47,48,50). The van der Waals surface area contributed by atoms with Crippen LogP contribution < -0.4 is 35.2 Å². The highest BCUT2D eigenvalue weighted by atomic mass is 35.5. The second kappa shape index (κ2) is 18.6. The number of benzene rings is 3. The van der Waals surface area contributed by atoms with E-state index in [-0.39, 0.29) is 37.2 Å². The summed E-state index contributed by atoms with van der Waals surface area (Å²) in [5.74, 6) is 0.449. The largest absolute Gasteiger partial charge is 0.494 e. The highest BCUT2D eigenvalue weighted by molar-refractivity contribution is 7.99. The molecule has 4 aromatic rings. The van der Waals surface area contributed by atoms with Crippen molar-refractivity contribution < 1.29 is 23.9 Å². The van der Waals surface area contributed by atoms with Gasteiger partial charge in [0.05, 0.1) is 36.9 Å². The lowest BCUT2D eigenvalue weighted by molar-refractivity contribution is -0.137. The number of hydrogen-bond donors (Lipinski definition) is 4. The van der Waals surface area contributed by atoms with Crippen molar-refractivity contribution in [3.63, 3.8) is 0 Å². The van der Waals surface area contributed by atoms with Gasteiger partial charge in [-0.05, 0) is 67.3 Å². The van der Waals surface area contributed by atoms with E-state index < -0.39 is 11.9 Å². The van der Waals surface area contributed by atoms with Crippen LogP contribution in [-0.2, 0) is 20.9 Å². The van der Waals surface area contributed by atoms with Gasteiger partial charge in [-0.25, -0.2) is 4.98 Å². The number of aromatic nitrogens is 2. The molecule has 4 aliphatic rings. The van der Waals surface area contributed by atoms with Crippen molar-refractivity contribution in [1.29, 1.82) is 0 Å². The second-order valence-corrected chi connectivity index (χ2v) is 16.9. The summed E-state index contributed by atoms with van der Waals surface area (Å²) in [6, 6.07) is 19.1. The number of carbonyl (C=O) groups excluding carboxylic acids is 4. The average Bonchev–Trinajstić information content (AvgIpc) is 3.59. The van der Waals surface area contributed by atoms with E-state index >= 15 is 0 Å². The average molecular weight is 868 g/mol. The van der Waals surface area contributed by atoms with Gasteiger partial charge in [0, 0.05) is 94.6 Å². The molecule has 4 aliphatic heterocycles. The van der Waals surface area contributed by atoms with E-state index in [1.165, 1.54) is 4.90 Å². The molecule has 5 heterocycles. The van der Waals surface area contributed by atoms with Gasteiger partial charge in [-0.15, -0.1) is 0 Å². The summed E-state index contributed by atoms with van der Waals surface area (Å²) < 4.78 is 7.88. The van der Waals surface area contributed by atoms with Crippen LogP contribution in [-0.4, -0.2) is 127 Å². The number of ether oxygens (including phenoxy) is 1. The third-order valence-corrected chi connectivity index (χ3v) is 12.9. The first-order chi connectivity index (χ1) is 29.6. The molecule has 0 saturated carbocycles. The summed E-state index contributed by atoms with van der Waals surface area (Å²) in [7, 11) is 3.66. The number of imide groups is 1. The molecule has 0 radical (unpaired) electrons. The first kappa shape index (κ1) is 42.1. The number of nitrogens with one attached hydrogen (secondary N) is 4. The Morgan fingerprint density at radius 3 is 2.51 bits per heavy atom. The number of rotatable bonds is 13. The van der Waals surface area contributed by atoms with Crippen LogP contribution in [0.15, 0.2) is 66.9 Å². The first-order valence-corrected chi connectivity index (χ1v) is 22.0. The summed E-state index contributed by atoms with van der Waals surface area (Å²) >= 11 is 8.13. The number of piperazine rings is 1. The topological polar surface area (TPSA) is 168 Å². The highest BCUT2D eigenvalue weighted by Gasteiger charge is 2.39. The zero-order chi connectivity index (χ0) is 42.6. The van der Waals surface area contributed by atoms with Gasteiger partial charge in [0.25, 0.3) is 5.91 Å². The van der Waals surface area contributed by atoms with Crippen LogP contribution in [0.4, 0.5) is 40.2 Å². The van der Waals surface area contributed by atoms with Crippen molar-refractivity contribution in [3.05, 3.63) is 83.0 Å². The molecule has 1 aromatic heterocycles. The minimum absolute atomic E-state index is 0.108. The zero-order valence-electron chi connectivity index (χ0n) is 34.4. The molecule has 3 fully saturated rings. The lowest BCUT2D eigenvalue weighted by Crippen LogP contribution is -2.54. The van der Waals surface area contributed by atoms with Crippen molar-refractivity contribution in [2.24, 2.45) is 0 Å². The third kappa shape index (κ3) is 9.49. The lowest BCUT2D eigenvalue weighted by Gasteiger charge is -2.43. The van der Waals surface area contributed by atoms with Crippen LogP contribution in [0.25, 0.3) is 0 Å². The van der Waals surface area contributed by atoms with Gasteiger partial charge in [0.15, 0.2) is 5.82 Å². The number of nitrogens with zero attached hydrogens (tertiary/aromatic N) is 7. The van der Waals surface area contributed by atoms with E-state index in [1.54, 1.807) is 43.5 Å². The zero-order valence-corrected chi connectivity index (χ0v) is 36.0. The van der Waals surface area contributed by atoms with E-state index in [1.807, 2.05) is 43.6 Å². The molecule has 1 unspecified atom stereocenters. The summed E-state index contributed by atoms with van der Waals surface area (Å²) in [5, 5.41) is 12.4. The van der Waals surface area contributed by atoms with E-state index in [4.69, 9.17) is 16.3 Å². The van der Waals surface area contributed by atoms with Crippen LogP contribution in [0.1, 0.15) is 41.6 Å². The van der Waals surface area contributed by atoms with Gasteiger partial charge < -0.3 is 34.8 Å². The van der Waals surface area contributed by atoms with Gasteiger partial charge in [-0.2, -0.15) is 4.98 Å². The molecule has 4 N–H and O–H groups in total. The Hall–Kier alpha value is -5.62. The Morgan fingerprint density at radius 2 is 1.75 bits per heavy atom. The van der Waals surface area contributed by atoms with Gasteiger partial charge in [-0.1, -0.05) is 35.7 Å². The number of piperidine rings is 2. The number of carbonyl (C=O) groups is 4. The highest BCUT2D eigenvalue weighted by Crippen LogP contribution is 2.36. The molecular formula is C43H50ClN11O5S. The Balaban J connectivity index is 0.796. The molecule has 320 valence electrons. The number of fused-ring (bicyclic) bond motifs is 1. The molecule has 0 aliphatic carbocycles. The van der Waals surface area contributed by atoms with Crippen LogP contribution in [0, 0.1) is 0 Å². The minimum atomic E-state index is -0.675. The van der Waals surface area contributed by atoms with E-state index in [9.17, 15) is 19.2 Å². The Labute approximate surface area is 364 Å². The van der Waals surface area contributed by atoms with Crippen LogP contribution in [0.2, 0.25) is 5.02 Å². The maximum Gasteiger partial charge on any atom is 0.255 e. The maximum atomic E-state index is 13.1. The SMILES string of the molecule is COc1cc(N2CCC(N3CCN(CC(=O)Nc4ccc5c(c4)CN(C4CCC(=O)NC4=O)C5=O)CC3)CC2)ccc1Nc1ncc(Cl)c(Nc2ccccc2N(C)SC)n1. The molecule has 4 amide bonds. The monoisotopic (exact) mass is 867 g/mol. The predicted molar refractivity (Wildman–Crippen MR) is 239 cm³/mol. The van der Waals surface area contributed by atoms with Crippen molar-refractivity contribution in [3.8, 4) is 5.75 Å². The van der Waals surface area contributed by atoms with Crippen LogP contribution >= 0.6 is 23.5 Å². The number of halogens is 1. The summed E-state index contributed by atoms with van der Waals surface area (Å²) in [6.07, 6.45) is 6.17. The normalized spacial score (nSPS) is 18.8. The number of methoxy groups -OCH3 is 1. The fraction of sp³-hybridized carbons (Fsp3) is 0.395. The Morgan fingerprint density at radius 1 is 0.967 bits per heavy atom. The molecule has 3 aromatic carbocycles. The number of para-hydroxylation sites is 2. The van der Waals surface area contributed by atoms with Crippen molar-refractivity contribution in [2.75, 3.05) is 91.4 Å². The van der Waals surface area contributed by atoms with Crippen LogP contribution in [0.5, 0.6) is 5.75 Å². The second-order valence-electron chi connectivity index (χ2n) is 15.6.